The van der Waals surface area contributed by atoms with Crippen molar-refractivity contribution >= 4 is 41.9 Å². The fourth-order valence-electron chi connectivity index (χ4n) is 10.1. The van der Waals surface area contributed by atoms with Crippen LogP contribution in [0.1, 0.15) is 141 Å². The zero-order valence-electron chi connectivity index (χ0n) is 38.7. The molecule has 0 unspecified atom stereocenters. The monoisotopic (exact) mass is 878 g/mol. The number of nitrogens with one attached hydrogen (secondary N) is 2. The lowest BCUT2D eigenvalue weighted by molar-refractivity contribution is -0.141. The number of carbonyl (C=O) groups excluding carboxylic acids is 5. The molecule has 0 saturated carbocycles. The standard InChI is InChI=1S/C27H42N4O3.C22H33N3O2.ClH/c1-6-23(28-5)26(33)29-25(18(2)3)27(34)30-16-10-13-21(30)17-31(19(4)32)24-15-9-12-20-11-7-8-14-22(20)24;1-15(2)21(23)22(27)24-13-7-10-18(24)14-25(16(3)26)20-12-6-9-17-8-4-5-11-19(17)20;/h7-8,11,14,18,21,23-25,28H,6,9-10,12-13,15-17H2,1-5H3,(H,29,33);4-5,8,11,15,18,20-21H,6-7,9-10,12-14,23H2,1-3H3;1H/t21-,23-,24+,25-;18-,20+,21-;/m00./s1. The van der Waals surface area contributed by atoms with Crippen LogP contribution < -0.4 is 16.4 Å². The molecule has 4 N–H and O–H groups in total. The van der Waals surface area contributed by atoms with Gasteiger partial charge in [0.2, 0.25) is 29.5 Å². The highest BCUT2D eigenvalue weighted by Crippen LogP contribution is 2.37. The van der Waals surface area contributed by atoms with Crippen LogP contribution in [0.15, 0.2) is 48.5 Å². The van der Waals surface area contributed by atoms with Gasteiger partial charge in [-0.15, -0.1) is 12.4 Å². The maximum absolute atomic E-state index is 13.6. The molecule has 62 heavy (non-hydrogen) atoms. The molecule has 0 bridgehead atoms. The van der Waals surface area contributed by atoms with Crippen LogP contribution in [0.3, 0.4) is 0 Å². The van der Waals surface area contributed by atoms with Gasteiger partial charge in [-0.3, -0.25) is 24.0 Å². The number of nitrogens with zero attached hydrogens (tertiary/aromatic N) is 4. The molecule has 7 atom stereocenters. The molecular weight excluding hydrogens is 802 g/mol. The molecule has 0 radical (unpaired) electrons. The molecule has 0 spiro atoms. The lowest BCUT2D eigenvalue weighted by Crippen LogP contribution is -2.57. The molecule has 6 rings (SSSR count). The molecule has 2 aliphatic carbocycles. The van der Waals surface area contributed by atoms with Crippen LogP contribution in [0.4, 0.5) is 0 Å². The van der Waals surface area contributed by atoms with Crippen LogP contribution in [0, 0.1) is 11.8 Å². The topological polar surface area (TPSA) is 148 Å². The average Bonchev–Trinajstić information content (AvgIpc) is 3.93. The van der Waals surface area contributed by atoms with Crippen molar-refractivity contribution in [1.82, 2.24) is 30.2 Å². The van der Waals surface area contributed by atoms with Crippen LogP contribution in [0.5, 0.6) is 0 Å². The molecule has 344 valence electrons. The maximum Gasteiger partial charge on any atom is 0.245 e. The van der Waals surface area contributed by atoms with E-state index in [9.17, 15) is 24.0 Å². The van der Waals surface area contributed by atoms with E-state index >= 15 is 0 Å². The molecular formula is C49H76ClN7O5. The Balaban J connectivity index is 0.000000275. The molecule has 5 amide bonds. The quantitative estimate of drug-likeness (QED) is 0.201. The highest BCUT2D eigenvalue weighted by molar-refractivity contribution is 5.90. The number of rotatable bonds is 14. The van der Waals surface area contributed by atoms with Gasteiger partial charge in [-0.1, -0.05) is 83.1 Å². The Morgan fingerprint density at radius 1 is 0.694 bits per heavy atom. The summed E-state index contributed by atoms with van der Waals surface area (Å²) in [5.41, 5.74) is 11.3. The highest BCUT2D eigenvalue weighted by atomic mass is 35.5. The Labute approximate surface area is 377 Å². The van der Waals surface area contributed by atoms with Crippen LogP contribution >= 0.6 is 12.4 Å². The molecule has 2 aromatic carbocycles. The number of amides is 5. The van der Waals surface area contributed by atoms with Crippen LogP contribution in [0.2, 0.25) is 0 Å². The first-order valence-corrected chi connectivity index (χ1v) is 23.2. The largest absolute Gasteiger partial charge is 0.343 e. The summed E-state index contributed by atoms with van der Waals surface area (Å²) in [4.78, 5) is 72.4. The minimum atomic E-state index is -0.573. The minimum Gasteiger partial charge on any atom is -0.343 e. The van der Waals surface area contributed by atoms with Crippen molar-refractivity contribution in [3.05, 3.63) is 70.8 Å². The Kier molecular flexibility index (Phi) is 19.3. The smallest absolute Gasteiger partial charge is 0.245 e. The van der Waals surface area contributed by atoms with E-state index in [2.05, 4.69) is 53.1 Å². The fraction of sp³-hybridized carbons (Fsp3) is 0.653. The first-order chi connectivity index (χ1) is 29.2. The third kappa shape index (κ3) is 12.2. The van der Waals surface area contributed by atoms with Crippen molar-refractivity contribution in [1.29, 1.82) is 0 Å². The van der Waals surface area contributed by atoms with Crippen LogP contribution in [-0.4, -0.2) is 113 Å². The number of fused-ring (bicyclic) bond motifs is 2. The average molecular weight is 879 g/mol. The van der Waals surface area contributed by atoms with Gasteiger partial charge in [0.1, 0.15) is 6.04 Å². The molecule has 4 aliphatic rings. The van der Waals surface area contributed by atoms with E-state index in [-0.39, 0.29) is 84.0 Å². The highest BCUT2D eigenvalue weighted by Gasteiger charge is 2.40. The lowest BCUT2D eigenvalue weighted by atomic mass is 9.86. The zero-order chi connectivity index (χ0) is 44.4. The summed E-state index contributed by atoms with van der Waals surface area (Å²) in [6.07, 6.45) is 10.6. The number of likely N-dealkylation sites (tertiary alicyclic amines) is 2. The molecule has 2 saturated heterocycles. The van der Waals surface area contributed by atoms with Gasteiger partial charge in [-0.2, -0.15) is 0 Å². The summed E-state index contributed by atoms with van der Waals surface area (Å²) in [5.74, 6) is 0.0779. The fourth-order valence-corrected chi connectivity index (χ4v) is 10.1. The number of benzene rings is 2. The van der Waals surface area contributed by atoms with Gasteiger partial charge in [0.05, 0.1) is 24.2 Å². The van der Waals surface area contributed by atoms with Crippen molar-refractivity contribution in [3.63, 3.8) is 0 Å². The van der Waals surface area contributed by atoms with Gasteiger partial charge in [0.25, 0.3) is 0 Å². The Morgan fingerprint density at radius 3 is 1.55 bits per heavy atom. The van der Waals surface area contributed by atoms with Gasteiger partial charge in [-0.25, -0.2) is 0 Å². The molecule has 12 nitrogen and oxygen atoms in total. The maximum atomic E-state index is 13.6. The number of aryl methyl sites for hydroxylation is 2. The van der Waals surface area contributed by atoms with E-state index in [1.165, 1.54) is 22.3 Å². The van der Waals surface area contributed by atoms with Gasteiger partial charge >= 0.3 is 0 Å². The van der Waals surface area contributed by atoms with Gasteiger partial charge in [0.15, 0.2) is 0 Å². The van der Waals surface area contributed by atoms with Gasteiger partial charge in [0, 0.05) is 52.1 Å². The Hall–Kier alpha value is -4.00. The second kappa shape index (κ2) is 23.6. The Bertz CT molecular complexity index is 1820. The van der Waals surface area contributed by atoms with Crippen molar-refractivity contribution in [2.45, 2.75) is 161 Å². The van der Waals surface area contributed by atoms with E-state index in [0.717, 1.165) is 70.8 Å². The predicted octanol–water partition coefficient (Wildman–Crippen LogP) is 6.35. The first kappa shape index (κ1) is 50.6. The summed E-state index contributed by atoms with van der Waals surface area (Å²) < 4.78 is 0. The van der Waals surface area contributed by atoms with E-state index in [1.807, 2.05) is 60.3 Å². The third-order valence-electron chi connectivity index (χ3n) is 13.7. The molecule has 2 fully saturated rings. The number of hydrogen-bond donors (Lipinski definition) is 3. The van der Waals surface area contributed by atoms with E-state index in [0.29, 0.717) is 26.1 Å². The lowest BCUT2D eigenvalue weighted by Gasteiger charge is -2.39. The summed E-state index contributed by atoms with van der Waals surface area (Å²) in [6.45, 7) is 15.7. The van der Waals surface area contributed by atoms with Crippen molar-refractivity contribution in [2.24, 2.45) is 17.6 Å². The zero-order valence-corrected chi connectivity index (χ0v) is 39.6. The summed E-state index contributed by atoms with van der Waals surface area (Å²) in [6, 6.07) is 15.7. The van der Waals surface area contributed by atoms with E-state index in [4.69, 9.17) is 5.73 Å². The number of carbonyl (C=O) groups is 5. The van der Waals surface area contributed by atoms with Gasteiger partial charge in [-0.05, 0) is 112 Å². The van der Waals surface area contributed by atoms with Crippen molar-refractivity contribution in [3.8, 4) is 0 Å². The third-order valence-corrected chi connectivity index (χ3v) is 13.7. The minimum absolute atomic E-state index is 0. The summed E-state index contributed by atoms with van der Waals surface area (Å²) in [7, 11) is 1.76. The number of halogens is 1. The van der Waals surface area contributed by atoms with E-state index < -0.39 is 12.1 Å². The van der Waals surface area contributed by atoms with Gasteiger partial charge < -0.3 is 36.0 Å². The summed E-state index contributed by atoms with van der Waals surface area (Å²) in [5, 5.41) is 6.01. The van der Waals surface area contributed by atoms with Crippen LogP contribution in [-0.2, 0) is 36.8 Å². The second-order valence-electron chi connectivity index (χ2n) is 18.5. The molecule has 0 aromatic heterocycles. The number of hydrogen-bond acceptors (Lipinski definition) is 7. The first-order valence-electron chi connectivity index (χ1n) is 23.2. The van der Waals surface area contributed by atoms with Crippen LogP contribution in [0.25, 0.3) is 0 Å². The number of nitrogens with two attached hydrogens (primary N) is 1. The van der Waals surface area contributed by atoms with Crippen molar-refractivity contribution < 1.29 is 24.0 Å². The predicted molar refractivity (Wildman–Crippen MR) is 248 cm³/mol. The SMILES string of the molecule is CC(=O)N(C[C@@H]1CCCN1C(=O)[C@@H](N)C(C)C)[C@@H]1CCCc2ccccc21.CC[C@H](NC)C(=O)N[C@H](C(=O)N1CCC[C@H]1CN(C(C)=O)[C@@H]1CCCc2ccccc21)C(C)C.Cl. The second-order valence-corrected chi connectivity index (χ2v) is 18.5. The number of likely N-dealkylation sites (N-methyl/N-ethyl adjacent to an activating group) is 1. The normalized spacial score (nSPS) is 22.0. The molecule has 2 aromatic rings. The Morgan fingerprint density at radius 2 is 1.15 bits per heavy atom. The van der Waals surface area contributed by atoms with E-state index in [1.54, 1.807) is 20.9 Å². The molecule has 2 aliphatic heterocycles. The molecule has 2 heterocycles. The summed E-state index contributed by atoms with van der Waals surface area (Å²) >= 11 is 0. The molecule has 13 heteroatoms. The van der Waals surface area contributed by atoms with Crippen molar-refractivity contribution in [2.75, 3.05) is 33.2 Å².